The van der Waals surface area contributed by atoms with Crippen molar-refractivity contribution >= 4 is 5.78 Å². The smallest absolute Gasteiger partial charge is 0.191 e. The number of hydrogen-bond acceptors (Lipinski definition) is 5. The van der Waals surface area contributed by atoms with Crippen molar-refractivity contribution in [2.75, 3.05) is 0 Å². The number of allylic oxidation sites excluding steroid dienone is 2. The summed E-state index contributed by atoms with van der Waals surface area (Å²) in [7, 11) is 0. The second-order valence-corrected chi connectivity index (χ2v) is 9.57. The van der Waals surface area contributed by atoms with Crippen molar-refractivity contribution in [1.82, 2.24) is 0 Å². The molecule has 1 aromatic rings. The third-order valence-electron chi connectivity index (χ3n) is 6.88. The van der Waals surface area contributed by atoms with E-state index in [4.69, 9.17) is 18.9 Å². The van der Waals surface area contributed by atoms with Gasteiger partial charge in [0.15, 0.2) is 24.0 Å². The molecular formula is C26H34O5. The van der Waals surface area contributed by atoms with Crippen molar-refractivity contribution in [3.63, 3.8) is 0 Å². The standard InChI is InChI=1S/C26H34O5/c1-6-14-26(28-16-19-10-8-7-9-11-19)22(29-24-23(26)30-25(4,5)31-24)21(27)20-13-12-17(2)18(3)15-20/h6-11,20,22-24H,1,12-16H2,2-5H3/t20-,22+,23-,24+,26+/m0/s1. The molecule has 5 nitrogen and oxygen atoms in total. The number of rotatable bonds is 7. The van der Waals surface area contributed by atoms with Crippen LogP contribution in [0.15, 0.2) is 54.1 Å². The Balaban J connectivity index is 1.65. The highest BCUT2D eigenvalue weighted by molar-refractivity contribution is 5.87. The molecule has 2 fully saturated rings. The summed E-state index contributed by atoms with van der Waals surface area (Å²) >= 11 is 0. The molecule has 2 saturated heterocycles. The molecule has 0 N–H and O–H groups in total. The number of carbonyl (C=O) groups is 1. The number of ketones is 1. The molecule has 168 valence electrons. The zero-order chi connectivity index (χ0) is 22.2. The molecule has 0 aromatic heterocycles. The van der Waals surface area contributed by atoms with Crippen molar-refractivity contribution < 1.29 is 23.7 Å². The fourth-order valence-corrected chi connectivity index (χ4v) is 5.03. The number of carbonyl (C=O) groups excluding carboxylic acids is 1. The summed E-state index contributed by atoms with van der Waals surface area (Å²) in [6.07, 6.45) is 2.90. The van der Waals surface area contributed by atoms with Gasteiger partial charge in [-0.3, -0.25) is 4.79 Å². The lowest BCUT2D eigenvalue weighted by Gasteiger charge is -2.38. The summed E-state index contributed by atoms with van der Waals surface area (Å²) in [5.74, 6) is -0.793. The highest BCUT2D eigenvalue weighted by atomic mass is 16.8. The first-order valence-electron chi connectivity index (χ1n) is 11.2. The van der Waals surface area contributed by atoms with E-state index in [0.29, 0.717) is 13.0 Å². The number of ether oxygens (including phenoxy) is 4. The molecule has 3 aliphatic rings. The number of benzene rings is 1. The third-order valence-corrected chi connectivity index (χ3v) is 6.88. The normalized spacial score (nSPS) is 34.6. The average Bonchev–Trinajstić information content (AvgIpc) is 3.20. The first kappa shape index (κ1) is 22.4. The lowest BCUT2D eigenvalue weighted by atomic mass is 9.77. The van der Waals surface area contributed by atoms with E-state index < -0.39 is 29.9 Å². The minimum Gasteiger partial charge on any atom is -0.364 e. The zero-order valence-corrected chi connectivity index (χ0v) is 19.1. The summed E-state index contributed by atoms with van der Waals surface area (Å²) in [6, 6.07) is 9.96. The molecule has 0 spiro atoms. The van der Waals surface area contributed by atoms with Crippen molar-refractivity contribution in [3.8, 4) is 0 Å². The van der Waals surface area contributed by atoms with Crippen LogP contribution in [0.2, 0.25) is 0 Å². The second-order valence-electron chi connectivity index (χ2n) is 9.57. The summed E-state index contributed by atoms with van der Waals surface area (Å²) in [6.45, 7) is 12.3. The summed E-state index contributed by atoms with van der Waals surface area (Å²) < 4.78 is 25.1. The molecule has 4 rings (SSSR count). The van der Waals surface area contributed by atoms with E-state index in [2.05, 4.69) is 20.4 Å². The Labute approximate surface area is 185 Å². The Morgan fingerprint density at radius 2 is 1.94 bits per heavy atom. The van der Waals surface area contributed by atoms with Gasteiger partial charge in [0.2, 0.25) is 0 Å². The minimum absolute atomic E-state index is 0.0787. The molecule has 0 radical (unpaired) electrons. The molecule has 31 heavy (non-hydrogen) atoms. The Morgan fingerprint density at radius 3 is 2.61 bits per heavy atom. The molecular weight excluding hydrogens is 392 g/mol. The second kappa shape index (κ2) is 8.62. The monoisotopic (exact) mass is 426 g/mol. The maximum atomic E-state index is 13.8. The molecule has 0 saturated carbocycles. The van der Waals surface area contributed by atoms with Gasteiger partial charge in [-0.1, -0.05) is 47.6 Å². The molecule has 1 aliphatic carbocycles. The first-order valence-corrected chi connectivity index (χ1v) is 11.2. The maximum Gasteiger partial charge on any atom is 0.191 e. The van der Waals surface area contributed by atoms with E-state index in [0.717, 1.165) is 24.8 Å². The quantitative estimate of drug-likeness (QED) is 0.568. The van der Waals surface area contributed by atoms with Gasteiger partial charge in [-0.2, -0.15) is 0 Å². The predicted molar refractivity (Wildman–Crippen MR) is 118 cm³/mol. The molecule has 0 amide bonds. The van der Waals surface area contributed by atoms with Crippen LogP contribution < -0.4 is 0 Å². The predicted octanol–water partition coefficient (Wildman–Crippen LogP) is 5.10. The van der Waals surface area contributed by atoms with E-state index in [1.807, 2.05) is 44.2 Å². The van der Waals surface area contributed by atoms with Crippen LogP contribution in [0.1, 0.15) is 58.9 Å². The van der Waals surface area contributed by atoms with Gasteiger partial charge in [-0.05, 0) is 58.9 Å². The van der Waals surface area contributed by atoms with Gasteiger partial charge in [-0.15, -0.1) is 6.58 Å². The Bertz CT molecular complexity index is 858. The summed E-state index contributed by atoms with van der Waals surface area (Å²) in [5.41, 5.74) is 2.75. The Hall–Kier alpha value is -1.79. The fraction of sp³-hybridized carbons (Fsp3) is 0.577. The van der Waals surface area contributed by atoms with Crippen molar-refractivity contribution in [2.24, 2.45) is 5.92 Å². The van der Waals surface area contributed by atoms with E-state index >= 15 is 0 Å². The third kappa shape index (κ3) is 4.29. The molecule has 2 heterocycles. The first-order chi connectivity index (χ1) is 14.8. The van der Waals surface area contributed by atoms with Crippen LogP contribution >= 0.6 is 0 Å². The molecule has 2 aliphatic heterocycles. The topological polar surface area (TPSA) is 54.0 Å². The van der Waals surface area contributed by atoms with Crippen LogP contribution in [0, 0.1) is 5.92 Å². The van der Waals surface area contributed by atoms with Gasteiger partial charge in [0.05, 0.1) is 6.61 Å². The Kier molecular flexibility index (Phi) is 6.23. The molecule has 1 aromatic carbocycles. The maximum absolute atomic E-state index is 13.8. The van der Waals surface area contributed by atoms with Gasteiger partial charge >= 0.3 is 0 Å². The van der Waals surface area contributed by atoms with Crippen molar-refractivity contribution in [1.29, 1.82) is 0 Å². The summed E-state index contributed by atoms with van der Waals surface area (Å²) in [5, 5.41) is 0. The van der Waals surface area contributed by atoms with Gasteiger partial charge in [0.25, 0.3) is 0 Å². The fourth-order valence-electron chi connectivity index (χ4n) is 5.03. The van der Waals surface area contributed by atoms with E-state index in [1.54, 1.807) is 6.08 Å². The number of Topliss-reactive ketones (excluding diaryl/α,β-unsaturated/α-hetero) is 1. The molecule has 5 heteroatoms. The van der Waals surface area contributed by atoms with Crippen molar-refractivity contribution in [2.45, 2.75) is 89.9 Å². The Morgan fingerprint density at radius 1 is 1.19 bits per heavy atom. The van der Waals surface area contributed by atoms with Crippen molar-refractivity contribution in [3.05, 3.63) is 59.7 Å². The van der Waals surface area contributed by atoms with Gasteiger partial charge in [0, 0.05) is 5.92 Å². The molecule has 0 unspecified atom stereocenters. The SMILES string of the molecule is C=CC[C@@]1(OCc2ccccc2)[C@@H](C(=O)[C@H]2CCC(C)=C(C)C2)O[C@@H]2OC(C)(C)O[C@@H]21. The van der Waals surface area contributed by atoms with E-state index in [1.165, 1.54) is 11.1 Å². The largest absolute Gasteiger partial charge is 0.364 e. The van der Waals surface area contributed by atoms with Crippen LogP contribution in [0.5, 0.6) is 0 Å². The lowest BCUT2D eigenvalue weighted by molar-refractivity contribution is -0.237. The molecule has 5 atom stereocenters. The van der Waals surface area contributed by atoms with Crippen LogP contribution in [0.4, 0.5) is 0 Å². The van der Waals surface area contributed by atoms with Crippen LogP contribution in [0.25, 0.3) is 0 Å². The number of fused-ring (bicyclic) bond motifs is 1. The highest BCUT2D eigenvalue weighted by Crippen LogP contribution is 2.49. The van der Waals surface area contributed by atoms with Gasteiger partial charge in [-0.25, -0.2) is 0 Å². The van der Waals surface area contributed by atoms with E-state index in [9.17, 15) is 4.79 Å². The lowest BCUT2D eigenvalue weighted by Crippen LogP contribution is -2.55. The minimum atomic E-state index is -0.975. The number of hydrogen-bond donors (Lipinski definition) is 0. The van der Waals surface area contributed by atoms with Gasteiger partial charge in [0.1, 0.15) is 11.7 Å². The zero-order valence-electron chi connectivity index (χ0n) is 19.1. The molecule has 0 bridgehead atoms. The van der Waals surface area contributed by atoms with Gasteiger partial charge < -0.3 is 18.9 Å². The highest BCUT2D eigenvalue weighted by Gasteiger charge is 2.66. The van der Waals surface area contributed by atoms with Crippen LogP contribution in [-0.4, -0.2) is 35.7 Å². The van der Waals surface area contributed by atoms with E-state index in [-0.39, 0.29) is 11.7 Å². The van der Waals surface area contributed by atoms with Crippen LogP contribution in [-0.2, 0) is 30.3 Å². The van der Waals surface area contributed by atoms with Crippen LogP contribution in [0.3, 0.4) is 0 Å². The average molecular weight is 427 g/mol. The summed E-state index contributed by atoms with van der Waals surface area (Å²) in [4.78, 5) is 13.8.